The molecule has 8 heteroatoms. The van der Waals surface area contributed by atoms with Crippen molar-refractivity contribution in [3.63, 3.8) is 0 Å². The van der Waals surface area contributed by atoms with Crippen LogP contribution in [0.4, 0.5) is 11.6 Å². The van der Waals surface area contributed by atoms with Gasteiger partial charge in [-0.15, -0.1) is 12.4 Å². The first-order chi connectivity index (χ1) is 16.7. The van der Waals surface area contributed by atoms with Crippen LogP contribution < -0.4 is 5.32 Å². The zero-order valence-corrected chi connectivity index (χ0v) is 20.1. The van der Waals surface area contributed by atoms with Crippen LogP contribution in [0.3, 0.4) is 0 Å². The predicted octanol–water partition coefficient (Wildman–Crippen LogP) is 5.88. The van der Waals surface area contributed by atoms with E-state index in [1.54, 1.807) is 18.3 Å². The van der Waals surface area contributed by atoms with E-state index in [9.17, 15) is 10.4 Å². The van der Waals surface area contributed by atoms with Crippen molar-refractivity contribution in [1.29, 1.82) is 5.26 Å². The summed E-state index contributed by atoms with van der Waals surface area (Å²) in [6.07, 6.45) is 9.40. The molecule has 3 aromatic heterocycles. The number of aliphatic hydroxyl groups is 1. The summed E-state index contributed by atoms with van der Waals surface area (Å²) in [5.41, 5.74) is 5.88. The van der Waals surface area contributed by atoms with Crippen LogP contribution in [0.1, 0.15) is 61.6 Å². The number of hydrogen-bond donors (Lipinski definition) is 2. The first-order valence-corrected chi connectivity index (χ1v) is 12.0. The second kappa shape index (κ2) is 9.65. The van der Waals surface area contributed by atoms with Gasteiger partial charge in [-0.3, -0.25) is 0 Å². The minimum absolute atomic E-state index is 0. The van der Waals surface area contributed by atoms with Gasteiger partial charge >= 0.3 is 0 Å². The molecule has 3 heterocycles. The predicted molar refractivity (Wildman–Crippen MR) is 138 cm³/mol. The molecule has 6 rings (SSSR count). The van der Waals surface area contributed by atoms with Crippen molar-refractivity contribution in [2.24, 2.45) is 0 Å². The smallest absolute Gasteiger partial charge is 0.132 e. The van der Waals surface area contributed by atoms with Gasteiger partial charge in [-0.1, -0.05) is 6.07 Å². The van der Waals surface area contributed by atoms with Gasteiger partial charge in [-0.05, 0) is 86.4 Å². The highest BCUT2D eigenvalue weighted by atomic mass is 35.5. The van der Waals surface area contributed by atoms with Gasteiger partial charge in [0.25, 0.3) is 0 Å². The third-order valence-electron chi connectivity index (χ3n) is 6.97. The van der Waals surface area contributed by atoms with Gasteiger partial charge in [0, 0.05) is 17.8 Å². The van der Waals surface area contributed by atoms with Gasteiger partial charge in [-0.25, -0.2) is 15.0 Å². The molecule has 2 aliphatic rings. The SMILES string of the molecule is Cl.N#Cc1ccnc(Nc2cc(C3CC3)cc(-c3ccc4ncn(C5CCC(O)CC5)c4c3)n2)c1. The Hall–Kier alpha value is -3.47. The van der Waals surface area contributed by atoms with Gasteiger partial charge in [0.1, 0.15) is 11.6 Å². The summed E-state index contributed by atoms with van der Waals surface area (Å²) >= 11 is 0. The molecule has 0 saturated heterocycles. The number of nitriles is 1. The monoisotopic (exact) mass is 486 g/mol. The molecular formula is C27H27ClN6O. The number of benzene rings is 1. The Labute approximate surface area is 210 Å². The molecule has 0 aliphatic heterocycles. The normalized spacial score (nSPS) is 19.7. The number of rotatable bonds is 5. The largest absolute Gasteiger partial charge is 0.393 e. The van der Waals surface area contributed by atoms with Crippen LogP contribution in [0.15, 0.2) is 55.0 Å². The molecule has 0 atom stereocenters. The van der Waals surface area contributed by atoms with E-state index < -0.39 is 0 Å². The van der Waals surface area contributed by atoms with Gasteiger partial charge in [-0.2, -0.15) is 5.26 Å². The third kappa shape index (κ3) is 4.86. The molecular weight excluding hydrogens is 460 g/mol. The highest BCUT2D eigenvalue weighted by molar-refractivity contribution is 5.85. The van der Waals surface area contributed by atoms with Crippen LogP contribution in [0.25, 0.3) is 22.3 Å². The number of aromatic nitrogens is 4. The van der Waals surface area contributed by atoms with Crippen molar-refractivity contribution in [2.45, 2.75) is 56.6 Å². The number of nitrogens with one attached hydrogen (secondary N) is 1. The van der Waals surface area contributed by atoms with Crippen LogP contribution >= 0.6 is 12.4 Å². The van der Waals surface area contributed by atoms with Crippen LogP contribution in [-0.2, 0) is 0 Å². The number of pyridine rings is 2. The van der Waals surface area contributed by atoms with Gasteiger partial charge in [0.2, 0.25) is 0 Å². The molecule has 2 N–H and O–H groups in total. The highest BCUT2D eigenvalue weighted by Crippen LogP contribution is 2.42. The molecule has 2 aliphatic carbocycles. The molecule has 2 fully saturated rings. The summed E-state index contributed by atoms with van der Waals surface area (Å²) < 4.78 is 2.27. The van der Waals surface area contributed by atoms with Crippen molar-refractivity contribution in [3.05, 3.63) is 66.1 Å². The van der Waals surface area contributed by atoms with Crippen molar-refractivity contribution in [3.8, 4) is 17.3 Å². The van der Waals surface area contributed by atoms with E-state index in [4.69, 9.17) is 4.98 Å². The molecule has 2 saturated carbocycles. The van der Waals surface area contributed by atoms with Gasteiger partial charge in [0.15, 0.2) is 0 Å². The van der Waals surface area contributed by atoms with Crippen molar-refractivity contribution in [2.75, 3.05) is 5.32 Å². The summed E-state index contributed by atoms with van der Waals surface area (Å²) in [5, 5.41) is 22.4. The maximum absolute atomic E-state index is 9.91. The van der Waals surface area contributed by atoms with Crippen molar-refractivity contribution < 1.29 is 5.11 Å². The number of hydrogen-bond acceptors (Lipinski definition) is 6. The van der Waals surface area contributed by atoms with E-state index in [2.05, 4.69) is 56.3 Å². The Morgan fingerprint density at radius 1 is 0.943 bits per heavy atom. The molecule has 178 valence electrons. The zero-order chi connectivity index (χ0) is 23.1. The summed E-state index contributed by atoms with van der Waals surface area (Å²) in [7, 11) is 0. The molecule has 0 unspecified atom stereocenters. The van der Waals surface area contributed by atoms with E-state index in [0.717, 1.165) is 53.8 Å². The lowest BCUT2D eigenvalue weighted by atomic mass is 9.93. The molecule has 7 nitrogen and oxygen atoms in total. The number of fused-ring (bicyclic) bond motifs is 1. The van der Waals surface area contributed by atoms with E-state index in [0.29, 0.717) is 23.3 Å². The number of nitrogens with zero attached hydrogens (tertiary/aromatic N) is 5. The summed E-state index contributed by atoms with van der Waals surface area (Å²) in [5.74, 6) is 1.92. The first-order valence-electron chi connectivity index (χ1n) is 12.0. The first kappa shape index (κ1) is 23.3. The maximum Gasteiger partial charge on any atom is 0.132 e. The Morgan fingerprint density at radius 3 is 2.54 bits per heavy atom. The standard InChI is InChI=1S/C27H26N6O.ClH/c28-15-17-9-10-29-26(11-17)32-27-14-20(18-1-2-18)12-24(31-27)19-3-8-23-25(13-19)33(16-30-23)21-4-6-22(34)7-5-21;/h3,8-14,16,18,21-22,34H,1-2,4-7H2,(H,29,31,32);1H. The fourth-order valence-electron chi connectivity index (χ4n) is 4.93. The van der Waals surface area contributed by atoms with Crippen molar-refractivity contribution >= 4 is 35.1 Å². The molecule has 0 amide bonds. The minimum Gasteiger partial charge on any atom is -0.393 e. The van der Waals surface area contributed by atoms with Gasteiger partial charge < -0.3 is 15.0 Å². The third-order valence-corrected chi connectivity index (χ3v) is 6.97. The van der Waals surface area contributed by atoms with E-state index in [1.807, 2.05) is 6.33 Å². The number of halogens is 1. The van der Waals surface area contributed by atoms with Crippen LogP contribution in [0.2, 0.25) is 0 Å². The zero-order valence-electron chi connectivity index (χ0n) is 19.3. The molecule has 35 heavy (non-hydrogen) atoms. The molecule has 4 aromatic rings. The summed E-state index contributed by atoms with van der Waals surface area (Å²) in [6.45, 7) is 0. The second-order valence-electron chi connectivity index (χ2n) is 9.43. The fraction of sp³-hybridized carbons (Fsp3) is 0.333. The number of aliphatic hydroxyl groups excluding tert-OH is 1. The van der Waals surface area contributed by atoms with E-state index in [-0.39, 0.29) is 18.5 Å². The lowest BCUT2D eigenvalue weighted by molar-refractivity contribution is 0.111. The Bertz CT molecular complexity index is 1400. The van der Waals surface area contributed by atoms with Gasteiger partial charge in [0.05, 0.1) is 40.8 Å². The summed E-state index contributed by atoms with van der Waals surface area (Å²) in [4.78, 5) is 13.9. The molecule has 0 spiro atoms. The fourth-order valence-corrected chi connectivity index (χ4v) is 4.93. The van der Waals surface area contributed by atoms with Crippen LogP contribution in [0.5, 0.6) is 0 Å². The van der Waals surface area contributed by atoms with E-state index in [1.165, 1.54) is 18.4 Å². The topological polar surface area (TPSA) is 99.7 Å². The lowest BCUT2D eigenvalue weighted by Gasteiger charge is -2.27. The average molecular weight is 487 g/mol. The Morgan fingerprint density at radius 2 is 1.77 bits per heavy atom. The van der Waals surface area contributed by atoms with Crippen LogP contribution in [-0.4, -0.2) is 30.7 Å². The molecule has 1 aromatic carbocycles. The lowest BCUT2D eigenvalue weighted by Crippen LogP contribution is -2.20. The Balaban J connectivity index is 0.00000253. The Kier molecular flexibility index (Phi) is 6.42. The maximum atomic E-state index is 9.91. The summed E-state index contributed by atoms with van der Waals surface area (Å²) in [6, 6.07) is 16.6. The van der Waals surface area contributed by atoms with E-state index >= 15 is 0 Å². The second-order valence-corrected chi connectivity index (χ2v) is 9.43. The van der Waals surface area contributed by atoms with Crippen molar-refractivity contribution in [1.82, 2.24) is 19.5 Å². The minimum atomic E-state index is -0.176. The number of imidazole rings is 1. The van der Waals surface area contributed by atoms with Crippen LogP contribution in [0, 0.1) is 11.3 Å². The molecule has 0 bridgehead atoms. The average Bonchev–Trinajstić information content (AvgIpc) is 3.64. The highest BCUT2D eigenvalue weighted by Gasteiger charge is 2.25. The molecule has 0 radical (unpaired) electrons. The number of anilines is 2. The quantitative estimate of drug-likeness (QED) is 0.365.